The average molecular weight is 415 g/mol. The molecule has 0 bridgehead atoms. The van der Waals surface area contributed by atoms with Crippen molar-refractivity contribution >= 4 is 17.5 Å². The maximum Gasteiger partial charge on any atom is 0.427 e. The molecule has 158 valence electrons. The molecule has 2 heterocycles. The Kier molecular flexibility index (Phi) is 5.44. The second-order valence-electron chi connectivity index (χ2n) is 7.02. The zero-order chi connectivity index (χ0) is 21.2. The predicted octanol–water partition coefficient (Wildman–Crippen LogP) is 2.79. The van der Waals surface area contributed by atoms with Gasteiger partial charge in [0.15, 0.2) is 0 Å². The normalized spacial score (nSPS) is 16.4. The van der Waals surface area contributed by atoms with Gasteiger partial charge in [-0.15, -0.1) is 0 Å². The number of aromatic amines is 2. The summed E-state index contributed by atoms with van der Waals surface area (Å²) < 4.78 is 48.8. The van der Waals surface area contributed by atoms with Gasteiger partial charge in [0.25, 0.3) is 0 Å². The maximum absolute atomic E-state index is 12.8. The first kappa shape index (κ1) is 20.6. The lowest BCUT2D eigenvalue weighted by Gasteiger charge is -2.28. The molecule has 1 aromatic heterocycles. The molecule has 29 heavy (non-hydrogen) atoms. The van der Waals surface area contributed by atoms with Gasteiger partial charge < -0.3 is 14.8 Å². The maximum atomic E-state index is 12.8. The highest BCUT2D eigenvalue weighted by Gasteiger charge is 2.51. The Balaban J connectivity index is 1.56. The SMILES string of the molecule is CC(C)(OC(=O)Nc1ccc2c(c1)NC[C@H](CCc1n[nH]c(=O)[nH]1)O2)C(F)(F)F. The fourth-order valence-corrected chi connectivity index (χ4v) is 2.61. The number of anilines is 2. The lowest BCUT2D eigenvalue weighted by atomic mass is 10.1. The van der Waals surface area contributed by atoms with Crippen molar-refractivity contribution in [3.8, 4) is 5.75 Å². The number of aromatic nitrogens is 3. The number of amides is 1. The van der Waals surface area contributed by atoms with Crippen LogP contribution in [0.2, 0.25) is 0 Å². The van der Waals surface area contributed by atoms with Crippen LogP contribution in [0.15, 0.2) is 23.0 Å². The van der Waals surface area contributed by atoms with Crippen molar-refractivity contribution in [1.29, 1.82) is 0 Å². The summed E-state index contributed by atoms with van der Waals surface area (Å²) in [5, 5.41) is 11.5. The van der Waals surface area contributed by atoms with Crippen molar-refractivity contribution < 1.29 is 27.4 Å². The molecule has 0 aliphatic carbocycles. The minimum absolute atomic E-state index is 0.168. The third-order valence-corrected chi connectivity index (χ3v) is 4.32. The lowest BCUT2D eigenvalue weighted by Crippen LogP contribution is -2.44. The van der Waals surface area contributed by atoms with E-state index < -0.39 is 17.9 Å². The monoisotopic (exact) mass is 415 g/mol. The highest BCUT2D eigenvalue weighted by atomic mass is 19.4. The molecule has 1 aliphatic rings. The topological polar surface area (TPSA) is 121 Å². The van der Waals surface area contributed by atoms with E-state index in [4.69, 9.17) is 4.74 Å². The molecule has 1 aliphatic heterocycles. The number of halogens is 3. The van der Waals surface area contributed by atoms with Crippen molar-refractivity contribution in [2.75, 3.05) is 17.2 Å². The van der Waals surface area contributed by atoms with Crippen LogP contribution in [0.1, 0.15) is 26.1 Å². The quantitative estimate of drug-likeness (QED) is 0.596. The van der Waals surface area contributed by atoms with Gasteiger partial charge >= 0.3 is 18.0 Å². The van der Waals surface area contributed by atoms with E-state index in [9.17, 15) is 22.8 Å². The first-order valence-corrected chi connectivity index (χ1v) is 8.78. The van der Waals surface area contributed by atoms with E-state index in [-0.39, 0.29) is 17.5 Å². The number of fused-ring (bicyclic) bond motifs is 1. The van der Waals surface area contributed by atoms with Crippen LogP contribution in [-0.2, 0) is 11.2 Å². The number of rotatable bonds is 5. The summed E-state index contributed by atoms with van der Waals surface area (Å²) in [5.41, 5.74) is -2.14. The third-order valence-electron chi connectivity index (χ3n) is 4.32. The number of benzene rings is 1. The molecular formula is C17H20F3N5O4. The minimum Gasteiger partial charge on any atom is -0.486 e. The summed E-state index contributed by atoms with van der Waals surface area (Å²) in [6.45, 7) is 2.01. The minimum atomic E-state index is -4.69. The molecule has 0 saturated carbocycles. The van der Waals surface area contributed by atoms with Crippen molar-refractivity contribution in [2.45, 2.75) is 44.6 Å². The van der Waals surface area contributed by atoms with E-state index in [0.717, 1.165) is 13.8 Å². The van der Waals surface area contributed by atoms with Gasteiger partial charge in [-0.05, 0) is 38.5 Å². The first-order valence-electron chi connectivity index (χ1n) is 8.78. The Morgan fingerprint density at radius 3 is 2.79 bits per heavy atom. The van der Waals surface area contributed by atoms with E-state index in [2.05, 4.69) is 30.6 Å². The predicted molar refractivity (Wildman–Crippen MR) is 97.1 cm³/mol. The van der Waals surface area contributed by atoms with Crippen molar-refractivity contribution in [3.05, 3.63) is 34.5 Å². The first-order chi connectivity index (χ1) is 13.5. The molecule has 12 heteroatoms. The van der Waals surface area contributed by atoms with Crippen LogP contribution in [0.3, 0.4) is 0 Å². The number of aryl methyl sites for hydroxylation is 1. The molecule has 3 rings (SSSR count). The summed E-state index contributed by atoms with van der Waals surface area (Å²) in [7, 11) is 0. The van der Waals surface area contributed by atoms with Gasteiger partial charge in [-0.25, -0.2) is 14.7 Å². The van der Waals surface area contributed by atoms with Gasteiger partial charge in [0.2, 0.25) is 5.60 Å². The third kappa shape index (κ3) is 5.00. The molecule has 1 atom stereocenters. The molecule has 1 aromatic carbocycles. The molecule has 4 N–H and O–H groups in total. The Hall–Kier alpha value is -3.18. The van der Waals surface area contributed by atoms with Crippen LogP contribution < -0.4 is 21.1 Å². The fourth-order valence-electron chi connectivity index (χ4n) is 2.61. The number of carbonyl (C=O) groups excluding carboxylic acids is 1. The number of alkyl halides is 3. The molecule has 0 radical (unpaired) electrons. The van der Waals surface area contributed by atoms with E-state index in [0.29, 0.717) is 36.6 Å². The Bertz CT molecular complexity index is 938. The second kappa shape index (κ2) is 7.68. The average Bonchev–Trinajstić information content (AvgIpc) is 3.03. The van der Waals surface area contributed by atoms with Crippen molar-refractivity contribution in [3.63, 3.8) is 0 Å². The van der Waals surface area contributed by atoms with Crippen LogP contribution in [0.5, 0.6) is 5.75 Å². The smallest absolute Gasteiger partial charge is 0.427 e. The number of ether oxygens (including phenoxy) is 2. The van der Waals surface area contributed by atoms with Gasteiger partial charge in [0.05, 0.1) is 12.2 Å². The second-order valence-corrected chi connectivity index (χ2v) is 7.02. The summed E-state index contributed by atoms with van der Waals surface area (Å²) >= 11 is 0. The highest BCUT2D eigenvalue weighted by molar-refractivity contribution is 5.86. The molecule has 0 spiro atoms. The van der Waals surface area contributed by atoms with Crippen LogP contribution in [0, 0.1) is 0 Å². The van der Waals surface area contributed by atoms with Gasteiger partial charge in [-0.2, -0.15) is 18.3 Å². The fraction of sp³-hybridized carbons (Fsp3) is 0.471. The van der Waals surface area contributed by atoms with Crippen LogP contribution in [-0.4, -0.2) is 45.7 Å². The van der Waals surface area contributed by atoms with Gasteiger partial charge in [-0.3, -0.25) is 10.3 Å². The Morgan fingerprint density at radius 1 is 1.38 bits per heavy atom. The highest BCUT2D eigenvalue weighted by Crippen LogP contribution is 2.34. The van der Waals surface area contributed by atoms with Gasteiger partial charge in [0.1, 0.15) is 17.7 Å². The number of H-pyrrole nitrogens is 2. The molecule has 0 unspecified atom stereocenters. The van der Waals surface area contributed by atoms with Crippen molar-refractivity contribution in [1.82, 2.24) is 15.2 Å². The number of hydrogen-bond donors (Lipinski definition) is 4. The summed E-state index contributed by atoms with van der Waals surface area (Å²) in [6, 6.07) is 4.63. The van der Waals surface area contributed by atoms with Gasteiger partial charge in [0, 0.05) is 12.1 Å². The van der Waals surface area contributed by atoms with Crippen LogP contribution >= 0.6 is 0 Å². The lowest BCUT2D eigenvalue weighted by molar-refractivity contribution is -0.242. The number of nitrogens with zero attached hydrogens (tertiary/aromatic N) is 1. The Labute approximate surface area is 163 Å². The van der Waals surface area contributed by atoms with Crippen molar-refractivity contribution in [2.24, 2.45) is 0 Å². The molecular weight excluding hydrogens is 395 g/mol. The van der Waals surface area contributed by atoms with Crippen LogP contribution in [0.4, 0.5) is 29.3 Å². The van der Waals surface area contributed by atoms with E-state index in [1.54, 1.807) is 12.1 Å². The van der Waals surface area contributed by atoms with Gasteiger partial charge in [-0.1, -0.05) is 0 Å². The number of carbonyl (C=O) groups is 1. The van der Waals surface area contributed by atoms with E-state index in [1.165, 1.54) is 6.07 Å². The standard InChI is InChI=1S/C17H20F3N5O4/c1-16(2,17(18,19)20)29-15(27)22-9-3-5-12-11(7-9)21-8-10(28-12)4-6-13-23-14(26)25-24-13/h3,5,7,10,21H,4,6,8H2,1-2H3,(H,22,27)(H2,23,24,25,26)/t10-/m0/s1. The Morgan fingerprint density at radius 2 is 2.14 bits per heavy atom. The summed E-state index contributed by atoms with van der Waals surface area (Å²) in [5.74, 6) is 1.07. The number of nitrogens with one attached hydrogen (secondary N) is 4. The zero-order valence-electron chi connectivity index (χ0n) is 15.6. The molecule has 1 amide bonds. The molecule has 0 saturated heterocycles. The molecule has 9 nitrogen and oxygen atoms in total. The summed E-state index contributed by atoms with van der Waals surface area (Å²) in [4.78, 5) is 25.4. The van der Waals surface area contributed by atoms with E-state index >= 15 is 0 Å². The van der Waals surface area contributed by atoms with Crippen LogP contribution in [0.25, 0.3) is 0 Å². The summed E-state index contributed by atoms with van der Waals surface area (Å²) in [6.07, 6.45) is -4.95. The largest absolute Gasteiger partial charge is 0.486 e. The molecule has 0 fully saturated rings. The van der Waals surface area contributed by atoms with E-state index in [1.807, 2.05) is 0 Å². The zero-order valence-corrected chi connectivity index (χ0v) is 15.6. The molecule has 2 aromatic rings. The number of hydrogen-bond acceptors (Lipinski definition) is 6.